The number of para-hydroxylation sites is 1. The van der Waals surface area contributed by atoms with Crippen LogP contribution in [0.5, 0.6) is 0 Å². The van der Waals surface area contributed by atoms with Crippen LogP contribution in [0.15, 0.2) is 30.3 Å². The lowest BCUT2D eigenvalue weighted by Crippen LogP contribution is -2.28. The van der Waals surface area contributed by atoms with Crippen LogP contribution < -0.4 is 10.6 Å². The van der Waals surface area contributed by atoms with Crippen molar-refractivity contribution in [2.75, 3.05) is 18.0 Å². The molecule has 0 radical (unpaired) electrons. The maximum absolute atomic E-state index is 12.7. The summed E-state index contributed by atoms with van der Waals surface area (Å²) in [6, 6.07) is 10.0. The highest BCUT2D eigenvalue weighted by molar-refractivity contribution is 7.14. The van der Waals surface area contributed by atoms with Gasteiger partial charge in [-0.2, -0.15) is 0 Å². The monoisotopic (exact) mass is 296 g/mol. The van der Waals surface area contributed by atoms with Crippen LogP contribution in [-0.2, 0) is 6.42 Å². The molecule has 0 saturated heterocycles. The number of nitrogens with zero attached hydrogens (tertiary/aromatic N) is 1. The van der Waals surface area contributed by atoms with Gasteiger partial charge in [-0.1, -0.05) is 30.0 Å². The van der Waals surface area contributed by atoms with E-state index in [9.17, 15) is 4.79 Å². The second-order valence-corrected chi connectivity index (χ2v) is 6.02. The lowest BCUT2D eigenvalue weighted by molar-refractivity contribution is 0.0993. The van der Waals surface area contributed by atoms with Gasteiger partial charge in [0, 0.05) is 12.2 Å². The molecular formula is C17H16N2OS. The highest BCUT2D eigenvalue weighted by atomic mass is 32.1. The van der Waals surface area contributed by atoms with Gasteiger partial charge in [0.15, 0.2) is 0 Å². The maximum Gasteiger partial charge on any atom is 0.268 e. The Morgan fingerprint density at radius 3 is 3.05 bits per heavy atom. The molecule has 3 rings (SSSR count). The third-order valence-corrected chi connectivity index (χ3v) is 4.71. The van der Waals surface area contributed by atoms with E-state index in [2.05, 4.69) is 17.9 Å². The standard InChI is InChI=1S/C17H16N2OS/c1-12-11-16(21-15(12)7-4-9-18)17(20)19-10-8-13-5-2-3-6-14(13)19/h2-3,5-6,11H,8-10,18H2,1H3. The maximum atomic E-state index is 12.7. The number of benzene rings is 1. The molecule has 2 heterocycles. The first-order valence-corrected chi connectivity index (χ1v) is 7.71. The van der Waals surface area contributed by atoms with Crippen molar-refractivity contribution < 1.29 is 4.79 Å². The quantitative estimate of drug-likeness (QED) is 0.822. The number of hydrogen-bond donors (Lipinski definition) is 1. The number of thiophene rings is 1. The fourth-order valence-corrected chi connectivity index (χ4v) is 3.52. The van der Waals surface area contributed by atoms with E-state index in [0.717, 1.165) is 34.0 Å². The Bertz CT molecular complexity index is 752. The molecule has 0 atom stereocenters. The van der Waals surface area contributed by atoms with Gasteiger partial charge in [0.1, 0.15) is 0 Å². The van der Waals surface area contributed by atoms with Crippen LogP contribution in [0.1, 0.15) is 25.7 Å². The van der Waals surface area contributed by atoms with E-state index in [1.54, 1.807) is 0 Å². The van der Waals surface area contributed by atoms with Crippen LogP contribution in [0.2, 0.25) is 0 Å². The second kappa shape index (κ2) is 5.72. The molecule has 2 N–H and O–H groups in total. The van der Waals surface area contributed by atoms with E-state index < -0.39 is 0 Å². The number of carbonyl (C=O) groups excluding carboxylic acids is 1. The smallest absolute Gasteiger partial charge is 0.268 e. The Balaban J connectivity index is 1.90. The van der Waals surface area contributed by atoms with E-state index in [4.69, 9.17) is 5.73 Å². The van der Waals surface area contributed by atoms with Crippen molar-refractivity contribution in [2.24, 2.45) is 5.73 Å². The summed E-state index contributed by atoms with van der Waals surface area (Å²) >= 11 is 1.45. The average Bonchev–Trinajstić information content (AvgIpc) is 3.08. The van der Waals surface area contributed by atoms with E-state index in [1.165, 1.54) is 16.9 Å². The zero-order chi connectivity index (χ0) is 14.8. The van der Waals surface area contributed by atoms with Gasteiger partial charge in [-0.3, -0.25) is 4.79 Å². The number of hydrogen-bond acceptors (Lipinski definition) is 3. The van der Waals surface area contributed by atoms with E-state index >= 15 is 0 Å². The summed E-state index contributed by atoms with van der Waals surface area (Å²) in [6.45, 7) is 3.06. The molecular weight excluding hydrogens is 280 g/mol. The van der Waals surface area contributed by atoms with Gasteiger partial charge in [-0.15, -0.1) is 11.3 Å². The number of anilines is 1. The first-order chi connectivity index (χ1) is 10.2. The van der Waals surface area contributed by atoms with Crippen LogP contribution in [0.4, 0.5) is 5.69 Å². The molecule has 0 aliphatic carbocycles. The van der Waals surface area contributed by atoms with Crippen LogP contribution in [0, 0.1) is 18.8 Å². The summed E-state index contributed by atoms with van der Waals surface area (Å²) < 4.78 is 0. The summed E-state index contributed by atoms with van der Waals surface area (Å²) in [7, 11) is 0. The highest BCUT2D eigenvalue weighted by Gasteiger charge is 2.26. The van der Waals surface area contributed by atoms with Crippen molar-refractivity contribution in [2.45, 2.75) is 13.3 Å². The fourth-order valence-electron chi connectivity index (χ4n) is 2.53. The number of rotatable bonds is 1. The number of carbonyl (C=O) groups is 1. The minimum Gasteiger partial charge on any atom is -0.320 e. The molecule has 0 unspecified atom stereocenters. The Labute approximate surface area is 128 Å². The topological polar surface area (TPSA) is 46.3 Å². The Morgan fingerprint density at radius 1 is 1.43 bits per heavy atom. The SMILES string of the molecule is Cc1cc(C(=O)N2CCc3ccccc32)sc1C#CCN. The lowest BCUT2D eigenvalue weighted by atomic mass is 10.2. The van der Waals surface area contributed by atoms with Gasteiger partial charge in [0.2, 0.25) is 0 Å². The van der Waals surface area contributed by atoms with Gasteiger partial charge in [-0.05, 0) is 36.6 Å². The summed E-state index contributed by atoms with van der Waals surface area (Å²) in [6.07, 6.45) is 0.923. The molecule has 1 aromatic heterocycles. The Morgan fingerprint density at radius 2 is 2.24 bits per heavy atom. The van der Waals surface area contributed by atoms with Gasteiger partial charge >= 0.3 is 0 Å². The van der Waals surface area contributed by atoms with E-state index in [-0.39, 0.29) is 5.91 Å². The van der Waals surface area contributed by atoms with Crippen molar-refractivity contribution in [3.05, 3.63) is 51.2 Å². The number of fused-ring (bicyclic) bond motifs is 1. The number of aryl methyl sites for hydroxylation is 1. The molecule has 2 aromatic rings. The van der Waals surface area contributed by atoms with Crippen molar-refractivity contribution in [3.8, 4) is 11.8 Å². The van der Waals surface area contributed by atoms with Gasteiger partial charge in [0.25, 0.3) is 5.91 Å². The molecule has 1 aromatic carbocycles. The molecule has 1 aliphatic rings. The zero-order valence-corrected chi connectivity index (χ0v) is 12.7. The number of nitrogens with two attached hydrogens (primary N) is 1. The largest absolute Gasteiger partial charge is 0.320 e. The molecule has 21 heavy (non-hydrogen) atoms. The molecule has 0 spiro atoms. The van der Waals surface area contributed by atoms with Gasteiger partial charge < -0.3 is 10.6 Å². The molecule has 1 aliphatic heterocycles. The first kappa shape index (κ1) is 13.9. The summed E-state index contributed by atoms with van der Waals surface area (Å²) in [5.74, 6) is 5.94. The second-order valence-electron chi connectivity index (χ2n) is 4.96. The predicted octanol–water partition coefficient (Wildman–Crippen LogP) is 2.57. The Kier molecular flexibility index (Phi) is 3.78. The van der Waals surface area contributed by atoms with Gasteiger partial charge in [0.05, 0.1) is 16.3 Å². The predicted molar refractivity (Wildman–Crippen MR) is 86.8 cm³/mol. The minimum atomic E-state index is 0.0637. The average molecular weight is 296 g/mol. The fraction of sp³-hybridized carbons (Fsp3) is 0.235. The molecule has 0 saturated carbocycles. The van der Waals surface area contributed by atoms with E-state index in [0.29, 0.717) is 6.54 Å². The third-order valence-electron chi connectivity index (χ3n) is 3.56. The van der Waals surface area contributed by atoms with Crippen molar-refractivity contribution >= 4 is 22.9 Å². The lowest BCUT2D eigenvalue weighted by Gasteiger charge is -2.16. The highest BCUT2D eigenvalue weighted by Crippen LogP contribution is 2.31. The van der Waals surface area contributed by atoms with Crippen molar-refractivity contribution in [3.63, 3.8) is 0 Å². The molecule has 106 valence electrons. The molecule has 0 bridgehead atoms. The zero-order valence-electron chi connectivity index (χ0n) is 11.8. The molecule has 0 fully saturated rings. The molecule has 4 heteroatoms. The third kappa shape index (κ3) is 2.58. The molecule has 3 nitrogen and oxygen atoms in total. The van der Waals surface area contributed by atoms with Crippen LogP contribution in [-0.4, -0.2) is 19.0 Å². The normalized spacial score (nSPS) is 12.8. The van der Waals surface area contributed by atoms with Crippen LogP contribution in [0.25, 0.3) is 0 Å². The van der Waals surface area contributed by atoms with Crippen LogP contribution >= 0.6 is 11.3 Å². The summed E-state index contributed by atoms with van der Waals surface area (Å²) in [4.78, 5) is 16.2. The first-order valence-electron chi connectivity index (χ1n) is 6.90. The van der Waals surface area contributed by atoms with Crippen molar-refractivity contribution in [1.82, 2.24) is 0 Å². The van der Waals surface area contributed by atoms with Crippen LogP contribution in [0.3, 0.4) is 0 Å². The summed E-state index contributed by atoms with van der Waals surface area (Å²) in [5, 5.41) is 0. The minimum absolute atomic E-state index is 0.0637. The van der Waals surface area contributed by atoms with E-state index in [1.807, 2.05) is 36.1 Å². The Hall–Kier alpha value is -2.09. The summed E-state index contributed by atoms with van der Waals surface area (Å²) in [5.41, 5.74) is 8.71. The van der Waals surface area contributed by atoms with Crippen molar-refractivity contribution in [1.29, 1.82) is 0 Å². The van der Waals surface area contributed by atoms with Gasteiger partial charge in [-0.25, -0.2) is 0 Å². The number of amides is 1. The molecule has 1 amide bonds.